The Morgan fingerprint density at radius 1 is 1.23 bits per heavy atom. The van der Waals surface area contributed by atoms with Gasteiger partial charge >= 0.3 is 0 Å². The lowest BCUT2D eigenvalue weighted by Crippen LogP contribution is -2.65. The van der Waals surface area contributed by atoms with E-state index >= 15 is 0 Å². The summed E-state index contributed by atoms with van der Waals surface area (Å²) >= 11 is 0. The van der Waals surface area contributed by atoms with E-state index in [1.807, 2.05) is 13.8 Å². The monoisotopic (exact) mass is 485 g/mol. The number of nitrogens with two attached hydrogens (primary N) is 2. The molecular formula is C25H31N3O7. The Labute approximate surface area is 202 Å². The maximum absolute atomic E-state index is 13.8. The van der Waals surface area contributed by atoms with Crippen LogP contribution in [-0.4, -0.2) is 68.5 Å². The zero-order valence-corrected chi connectivity index (χ0v) is 20.1. The molecule has 10 heteroatoms. The number of amides is 1. The van der Waals surface area contributed by atoms with Crippen LogP contribution in [0.1, 0.15) is 48.4 Å². The number of hydrogen-bond donors (Lipinski definition) is 6. The molecule has 1 amide bonds. The highest BCUT2D eigenvalue weighted by molar-refractivity contribution is 6.24. The van der Waals surface area contributed by atoms with E-state index in [1.165, 1.54) is 4.90 Å². The molecule has 35 heavy (non-hydrogen) atoms. The molecule has 188 valence electrons. The lowest BCUT2D eigenvalue weighted by atomic mass is 9.57. The molecule has 1 fully saturated rings. The van der Waals surface area contributed by atoms with Gasteiger partial charge in [-0.3, -0.25) is 19.3 Å². The zero-order chi connectivity index (χ0) is 26.1. The van der Waals surface area contributed by atoms with Gasteiger partial charge in [0, 0.05) is 23.6 Å². The van der Waals surface area contributed by atoms with Crippen LogP contribution in [0.3, 0.4) is 0 Å². The van der Waals surface area contributed by atoms with Crippen LogP contribution in [0.15, 0.2) is 23.0 Å². The number of primary amides is 1. The number of hydrogen-bond acceptors (Lipinski definition) is 9. The largest absolute Gasteiger partial charge is 0.508 e. The van der Waals surface area contributed by atoms with Crippen LogP contribution < -0.4 is 11.5 Å². The Morgan fingerprint density at radius 2 is 1.86 bits per heavy atom. The Morgan fingerprint density at radius 3 is 2.37 bits per heavy atom. The van der Waals surface area contributed by atoms with E-state index in [4.69, 9.17) is 11.5 Å². The Hall–Kier alpha value is -3.21. The molecule has 1 aromatic carbocycles. The van der Waals surface area contributed by atoms with E-state index in [9.17, 15) is 34.8 Å². The van der Waals surface area contributed by atoms with Crippen molar-refractivity contribution in [1.29, 1.82) is 0 Å². The third kappa shape index (κ3) is 3.24. The quantitative estimate of drug-likeness (QED) is 0.331. The lowest BCUT2D eigenvalue weighted by molar-refractivity contribution is -0.153. The van der Waals surface area contributed by atoms with Gasteiger partial charge in [-0.2, -0.15) is 0 Å². The fourth-order valence-electron chi connectivity index (χ4n) is 6.07. The van der Waals surface area contributed by atoms with Crippen LogP contribution in [0.25, 0.3) is 5.76 Å². The number of ketones is 2. The molecule has 1 aromatic rings. The predicted molar refractivity (Wildman–Crippen MR) is 126 cm³/mol. The van der Waals surface area contributed by atoms with E-state index in [-0.39, 0.29) is 42.2 Å². The van der Waals surface area contributed by atoms with Gasteiger partial charge in [-0.1, -0.05) is 19.9 Å². The average Bonchev–Trinajstić information content (AvgIpc) is 2.75. The third-order valence-electron chi connectivity index (χ3n) is 7.68. The molecule has 0 aliphatic heterocycles. The summed E-state index contributed by atoms with van der Waals surface area (Å²) in [5.41, 5.74) is 9.48. The number of carbonyl (C=O) groups excluding carboxylic acids is 3. The average molecular weight is 486 g/mol. The molecule has 0 saturated heterocycles. The highest BCUT2D eigenvalue weighted by Crippen LogP contribution is 2.53. The van der Waals surface area contributed by atoms with Crippen LogP contribution in [0.2, 0.25) is 0 Å². The number of likely N-dealkylation sites (N-methyl/N-ethyl adjacent to an activating group) is 1. The first kappa shape index (κ1) is 24.9. The summed E-state index contributed by atoms with van der Waals surface area (Å²) in [6.45, 7) is 3.93. The summed E-state index contributed by atoms with van der Waals surface area (Å²) in [5, 5.41) is 44.7. The van der Waals surface area contributed by atoms with Crippen LogP contribution in [0.5, 0.6) is 5.75 Å². The second kappa shape index (κ2) is 8.18. The molecular weight excluding hydrogens is 454 g/mol. The first-order valence-electron chi connectivity index (χ1n) is 11.5. The topological polar surface area (TPSA) is 187 Å². The van der Waals surface area contributed by atoms with E-state index in [2.05, 4.69) is 0 Å². The fourth-order valence-corrected chi connectivity index (χ4v) is 6.07. The first-order valence-corrected chi connectivity index (χ1v) is 11.5. The summed E-state index contributed by atoms with van der Waals surface area (Å²) in [6.07, 6.45) is 0.323. The van der Waals surface area contributed by atoms with Crippen LogP contribution >= 0.6 is 0 Å². The van der Waals surface area contributed by atoms with Crippen molar-refractivity contribution < 1.29 is 34.8 Å². The van der Waals surface area contributed by atoms with Gasteiger partial charge in [0.25, 0.3) is 5.91 Å². The SMILES string of the molecule is CC(C)c1cc(CN)c(O)c2c1C[C@H]1C[C@H]3[C@H](N(C)C)C(=O)C(C(N)=O)=C(O)[C@@]3(O)C(=O)C1=C2O. The van der Waals surface area contributed by atoms with E-state index in [0.717, 1.165) is 5.56 Å². The number of phenolic OH excluding ortho intramolecular Hbond substituents is 1. The van der Waals surface area contributed by atoms with Gasteiger partial charge in [0.15, 0.2) is 11.4 Å². The van der Waals surface area contributed by atoms with Gasteiger partial charge in [-0.15, -0.1) is 0 Å². The van der Waals surface area contributed by atoms with Crippen molar-refractivity contribution >= 4 is 23.2 Å². The number of benzene rings is 1. The van der Waals surface area contributed by atoms with E-state index in [0.29, 0.717) is 11.1 Å². The molecule has 4 rings (SSSR count). The molecule has 0 bridgehead atoms. The van der Waals surface area contributed by atoms with Gasteiger partial charge in [0.2, 0.25) is 5.78 Å². The van der Waals surface area contributed by atoms with Gasteiger partial charge in [-0.05, 0) is 49.9 Å². The Bertz CT molecular complexity index is 1230. The number of rotatable bonds is 4. The van der Waals surface area contributed by atoms with Crippen molar-refractivity contribution in [3.05, 3.63) is 45.2 Å². The molecule has 0 radical (unpaired) electrons. The summed E-state index contributed by atoms with van der Waals surface area (Å²) < 4.78 is 0. The Balaban J connectivity index is 2.01. The molecule has 0 spiro atoms. The van der Waals surface area contributed by atoms with Gasteiger partial charge in [0.05, 0.1) is 11.6 Å². The minimum absolute atomic E-state index is 0.00293. The smallest absolute Gasteiger partial charge is 0.255 e. The molecule has 1 saturated carbocycles. The minimum Gasteiger partial charge on any atom is -0.508 e. The van der Waals surface area contributed by atoms with Crippen LogP contribution in [0.4, 0.5) is 0 Å². The van der Waals surface area contributed by atoms with Crippen molar-refractivity contribution in [3.8, 4) is 5.75 Å². The summed E-state index contributed by atoms with van der Waals surface area (Å²) in [5.74, 6) is -6.59. The van der Waals surface area contributed by atoms with Gasteiger partial charge in [-0.25, -0.2) is 0 Å². The number of aromatic hydroxyl groups is 1. The standard InChI is InChI=1S/C25H31N3O7/c1-9(2)12-6-11(8-26)19(29)16-13(12)5-10-7-14-18(28(3)4)21(31)17(24(27)34)23(33)25(14,35)22(32)15(10)20(16)30/h6,9-10,14,18,29-30,33,35H,5,7-8,26H2,1-4H3,(H2,27,34)/t10-,14-,18-,25-/m0/s1. The third-order valence-corrected chi connectivity index (χ3v) is 7.68. The maximum atomic E-state index is 13.8. The highest BCUT2D eigenvalue weighted by Gasteiger charge is 2.64. The normalized spacial score (nSPS) is 28.4. The molecule has 0 unspecified atom stereocenters. The number of fused-ring (bicyclic) bond motifs is 3. The van der Waals surface area contributed by atoms with E-state index in [1.54, 1.807) is 20.2 Å². The number of nitrogens with zero attached hydrogens (tertiary/aromatic N) is 1. The zero-order valence-electron chi connectivity index (χ0n) is 20.1. The molecule has 0 aromatic heterocycles. The molecule has 3 aliphatic rings. The first-order chi connectivity index (χ1) is 16.3. The number of phenols is 1. The van der Waals surface area contributed by atoms with Crippen molar-refractivity contribution in [2.45, 2.75) is 50.8 Å². The maximum Gasteiger partial charge on any atom is 0.255 e. The van der Waals surface area contributed by atoms with Gasteiger partial charge in [0.1, 0.15) is 22.8 Å². The predicted octanol–water partition coefficient (Wildman–Crippen LogP) is 0.546. The van der Waals surface area contributed by atoms with Crippen molar-refractivity contribution in [2.75, 3.05) is 14.1 Å². The second-order valence-corrected chi connectivity index (χ2v) is 10.1. The molecule has 0 heterocycles. The van der Waals surface area contributed by atoms with Crippen molar-refractivity contribution in [3.63, 3.8) is 0 Å². The number of aliphatic hydroxyl groups is 3. The molecule has 10 nitrogen and oxygen atoms in total. The van der Waals surface area contributed by atoms with E-state index < -0.39 is 58.0 Å². The fraction of sp³-hybridized carbons (Fsp3) is 0.480. The second-order valence-electron chi connectivity index (χ2n) is 10.1. The number of aliphatic hydroxyl groups excluding tert-OH is 2. The van der Waals surface area contributed by atoms with Gasteiger partial charge < -0.3 is 31.9 Å². The molecule has 8 N–H and O–H groups in total. The summed E-state index contributed by atoms with van der Waals surface area (Å²) in [6, 6.07) is 0.684. The molecule has 3 aliphatic carbocycles. The van der Waals surface area contributed by atoms with Crippen LogP contribution in [0, 0.1) is 11.8 Å². The number of Topliss-reactive ketones (excluding diaryl/α,β-unsaturated/α-hetero) is 2. The van der Waals surface area contributed by atoms with Crippen LogP contribution in [-0.2, 0) is 27.3 Å². The Kier molecular flexibility index (Phi) is 5.82. The van der Waals surface area contributed by atoms with Crippen molar-refractivity contribution in [1.82, 2.24) is 4.90 Å². The summed E-state index contributed by atoms with van der Waals surface area (Å²) in [4.78, 5) is 40.4. The minimum atomic E-state index is -2.65. The molecule has 4 atom stereocenters. The van der Waals surface area contributed by atoms with Crippen molar-refractivity contribution in [2.24, 2.45) is 23.3 Å². The lowest BCUT2D eigenvalue weighted by Gasteiger charge is -2.50. The number of carbonyl (C=O) groups is 3. The summed E-state index contributed by atoms with van der Waals surface area (Å²) in [7, 11) is 3.13. The highest BCUT2D eigenvalue weighted by atomic mass is 16.3.